The van der Waals surface area contributed by atoms with E-state index < -0.39 is 17.4 Å². The Kier molecular flexibility index (Phi) is 4.39. The van der Waals surface area contributed by atoms with Crippen LogP contribution in [0.3, 0.4) is 0 Å². The van der Waals surface area contributed by atoms with E-state index in [1.807, 2.05) is 0 Å². The van der Waals surface area contributed by atoms with Gasteiger partial charge in [0.1, 0.15) is 5.54 Å². The lowest BCUT2D eigenvalue weighted by atomic mass is 9.99. The highest BCUT2D eigenvalue weighted by molar-refractivity contribution is 7.99. The molecule has 1 atom stereocenters. The van der Waals surface area contributed by atoms with Crippen molar-refractivity contribution in [2.24, 2.45) is 0 Å². The van der Waals surface area contributed by atoms with Crippen LogP contribution in [0.5, 0.6) is 0 Å². The number of thioether (sulfide) groups is 1. The number of nitrogens with one attached hydrogen (secondary N) is 1. The van der Waals surface area contributed by atoms with Gasteiger partial charge in [-0.25, -0.2) is 4.79 Å². The lowest BCUT2D eigenvalue weighted by molar-refractivity contribution is -0.146. The summed E-state index contributed by atoms with van der Waals surface area (Å²) in [6.45, 7) is 1.24. The normalized spacial score (nSPS) is 23.2. The van der Waals surface area contributed by atoms with E-state index in [-0.39, 0.29) is 12.5 Å². The molecule has 2 amide bonds. The average molecular weight is 260 g/mol. The van der Waals surface area contributed by atoms with Gasteiger partial charge in [0.15, 0.2) is 0 Å². The van der Waals surface area contributed by atoms with Gasteiger partial charge in [-0.3, -0.25) is 9.59 Å². The molecule has 17 heavy (non-hydrogen) atoms. The molecule has 0 aliphatic carbocycles. The Labute approximate surface area is 104 Å². The lowest BCUT2D eigenvalue weighted by Crippen LogP contribution is -2.56. The SMILES string of the molecule is CC(=O)N(C)CC(=O)N[C@@]1(C(=O)O)CCSC1. The van der Waals surface area contributed by atoms with Crippen molar-refractivity contribution in [1.29, 1.82) is 0 Å². The maximum absolute atomic E-state index is 11.6. The van der Waals surface area contributed by atoms with Crippen LogP contribution < -0.4 is 5.32 Å². The molecular formula is C10H16N2O4S. The predicted octanol–water partition coefficient (Wildman–Crippen LogP) is -0.459. The van der Waals surface area contributed by atoms with Gasteiger partial charge >= 0.3 is 5.97 Å². The third kappa shape index (κ3) is 3.36. The van der Waals surface area contributed by atoms with Gasteiger partial charge in [-0.2, -0.15) is 11.8 Å². The predicted molar refractivity (Wildman–Crippen MR) is 63.8 cm³/mol. The van der Waals surface area contributed by atoms with E-state index >= 15 is 0 Å². The van der Waals surface area contributed by atoms with Crippen LogP contribution in [-0.4, -0.2) is 58.4 Å². The largest absolute Gasteiger partial charge is 0.479 e. The van der Waals surface area contributed by atoms with Crippen molar-refractivity contribution in [3.63, 3.8) is 0 Å². The molecule has 1 saturated heterocycles. The van der Waals surface area contributed by atoms with E-state index in [2.05, 4.69) is 5.32 Å². The number of rotatable bonds is 4. The third-order valence-corrected chi connectivity index (χ3v) is 3.92. The topological polar surface area (TPSA) is 86.7 Å². The zero-order valence-corrected chi connectivity index (χ0v) is 10.7. The number of hydrogen-bond donors (Lipinski definition) is 2. The monoisotopic (exact) mass is 260 g/mol. The van der Waals surface area contributed by atoms with Crippen molar-refractivity contribution in [2.75, 3.05) is 25.1 Å². The van der Waals surface area contributed by atoms with Crippen molar-refractivity contribution < 1.29 is 19.5 Å². The van der Waals surface area contributed by atoms with Crippen LogP contribution in [0.2, 0.25) is 0 Å². The zero-order chi connectivity index (χ0) is 13.1. The van der Waals surface area contributed by atoms with Gasteiger partial charge in [-0.15, -0.1) is 0 Å². The zero-order valence-electron chi connectivity index (χ0n) is 9.86. The van der Waals surface area contributed by atoms with Crippen molar-refractivity contribution in [2.45, 2.75) is 18.9 Å². The first-order chi connectivity index (χ1) is 7.87. The lowest BCUT2D eigenvalue weighted by Gasteiger charge is -2.25. The quantitative estimate of drug-likeness (QED) is 0.714. The number of likely N-dealkylation sites (N-methyl/N-ethyl adjacent to an activating group) is 1. The van der Waals surface area contributed by atoms with Crippen LogP contribution in [0.15, 0.2) is 0 Å². The molecule has 0 aromatic carbocycles. The number of carbonyl (C=O) groups excluding carboxylic acids is 2. The van der Waals surface area contributed by atoms with Crippen LogP contribution in [0, 0.1) is 0 Å². The van der Waals surface area contributed by atoms with Gasteiger partial charge in [-0.05, 0) is 12.2 Å². The summed E-state index contributed by atoms with van der Waals surface area (Å²) < 4.78 is 0. The Morgan fingerprint density at radius 2 is 2.12 bits per heavy atom. The number of carboxylic acid groups (broad SMARTS) is 1. The number of carboxylic acids is 1. The fraction of sp³-hybridized carbons (Fsp3) is 0.700. The van der Waals surface area contributed by atoms with E-state index in [1.54, 1.807) is 0 Å². The van der Waals surface area contributed by atoms with Crippen LogP contribution >= 0.6 is 11.8 Å². The molecule has 0 radical (unpaired) electrons. The minimum atomic E-state index is -1.17. The summed E-state index contributed by atoms with van der Waals surface area (Å²) in [5.74, 6) is -0.591. The molecule has 1 aliphatic heterocycles. The molecule has 1 fully saturated rings. The molecule has 0 aromatic heterocycles. The smallest absolute Gasteiger partial charge is 0.330 e. The molecule has 1 rings (SSSR count). The standard InChI is InChI=1S/C10H16N2O4S/c1-7(13)12(2)5-8(14)11-10(9(15)16)3-4-17-6-10/h3-6H2,1-2H3,(H,11,14)(H,15,16)/t10-/m0/s1. The number of amides is 2. The van der Waals surface area contributed by atoms with E-state index in [1.165, 1.54) is 30.6 Å². The highest BCUT2D eigenvalue weighted by Gasteiger charge is 2.43. The van der Waals surface area contributed by atoms with Gasteiger partial charge < -0.3 is 15.3 Å². The molecule has 0 aromatic rings. The number of aliphatic carboxylic acids is 1. The fourth-order valence-corrected chi connectivity index (χ4v) is 2.84. The molecule has 2 N–H and O–H groups in total. The third-order valence-electron chi connectivity index (χ3n) is 2.73. The van der Waals surface area contributed by atoms with Crippen molar-refractivity contribution >= 4 is 29.5 Å². The summed E-state index contributed by atoms with van der Waals surface area (Å²) in [5, 5.41) is 11.7. The maximum atomic E-state index is 11.6. The van der Waals surface area contributed by atoms with E-state index in [0.717, 1.165) is 5.75 Å². The molecule has 1 heterocycles. The molecule has 0 saturated carbocycles. The van der Waals surface area contributed by atoms with E-state index in [9.17, 15) is 14.4 Å². The van der Waals surface area contributed by atoms with Crippen LogP contribution in [0.25, 0.3) is 0 Å². The second kappa shape index (κ2) is 5.39. The Morgan fingerprint density at radius 3 is 2.53 bits per heavy atom. The second-order valence-electron chi connectivity index (χ2n) is 4.11. The summed E-state index contributed by atoms with van der Waals surface area (Å²) in [6, 6.07) is 0. The summed E-state index contributed by atoms with van der Waals surface area (Å²) in [7, 11) is 1.50. The Hall–Kier alpha value is -1.24. The molecule has 0 unspecified atom stereocenters. The molecule has 96 valence electrons. The Morgan fingerprint density at radius 1 is 1.47 bits per heavy atom. The van der Waals surface area contributed by atoms with Crippen molar-refractivity contribution in [3.8, 4) is 0 Å². The number of hydrogen-bond acceptors (Lipinski definition) is 4. The summed E-state index contributed by atoms with van der Waals surface area (Å²) in [5.41, 5.74) is -1.17. The van der Waals surface area contributed by atoms with E-state index in [0.29, 0.717) is 12.2 Å². The molecule has 7 heteroatoms. The summed E-state index contributed by atoms with van der Waals surface area (Å²) >= 11 is 1.50. The first-order valence-electron chi connectivity index (χ1n) is 5.21. The molecule has 0 bridgehead atoms. The molecule has 6 nitrogen and oxygen atoms in total. The summed E-state index contributed by atoms with van der Waals surface area (Å²) in [4.78, 5) is 35.0. The first kappa shape index (κ1) is 13.8. The van der Waals surface area contributed by atoms with Gasteiger partial charge in [0.25, 0.3) is 0 Å². The fourth-order valence-electron chi connectivity index (χ4n) is 1.52. The minimum Gasteiger partial charge on any atom is -0.479 e. The van der Waals surface area contributed by atoms with Crippen LogP contribution in [0.4, 0.5) is 0 Å². The molecule has 1 aliphatic rings. The summed E-state index contributed by atoms with van der Waals surface area (Å²) in [6.07, 6.45) is 0.419. The average Bonchev–Trinajstić information content (AvgIpc) is 2.67. The van der Waals surface area contributed by atoms with Gasteiger partial charge in [0.2, 0.25) is 11.8 Å². The van der Waals surface area contributed by atoms with Gasteiger partial charge in [0, 0.05) is 19.7 Å². The first-order valence-corrected chi connectivity index (χ1v) is 6.37. The van der Waals surface area contributed by atoms with Crippen LogP contribution in [-0.2, 0) is 14.4 Å². The highest BCUT2D eigenvalue weighted by Crippen LogP contribution is 2.28. The Bertz CT molecular complexity index is 339. The number of carbonyl (C=O) groups is 3. The van der Waals surface area contributed by atoms with Crippen molar-refractivity contribution in [1.82, 2.24) is 10.2 Å². The molecular weight excluding hydrogens is 244 g/mol. The van der Waals surface area contributed by atoms with E-state index in [4.69, 9.17) is 5.11 Å². The minimum absolute atomic E-state index is 0.116. The number of nitrogens with zero attached hydrogens (tertiary/aromatic N) is 1. The van der Waals surface area contributed by atoms with Gasteiger partial charge in [-0.1, -0.05) is 0 Å². The second-order valence-corrected chi connectivity index (χ2v) is 5.22. The Balaban J connectivity index is 2.60. The van der Waals surface area contributed by atoms with Crippen molar-refractivity contribution in [3.05, 3.63) is 0 Å². The van der Waals surface area contributed by atoms with Gasteiger partial charge in [0.05, 0.1) is 6.54 Å². The maximum Gasteiger partial charge on any atom is 0.330 e. The molecule has 0 spiro atoms. The van der Waals surface area contributed by atoms with Crippen LogP contribution in [0.1, 0.15) is 13.3 Å². The highest BCUT2D eigenvalue weighted by atomic mass is 32.2.